The van der Waals surface area contributed by atoms with Crippen LogP contribution in [0.3, 0.4) is 0 Å². The zero-order chi connectivity index (χ0) is 15.9. The van der Waals surface area contributed by atoms with Gasteiger partial charge in [-0.05, 0) is 22.7 Å². The Morgan fingerprint density at radius 3 is 1.75 bits per heavy atom. The van der Waals surface area contributed by atoms with Gasteiger partial charge in [-0.2, -0.15) is 0 Å². The summed E-state index contributed by atoms with van der Waals surface area (Å²) in [6, 6.07) is 0. The summed E-state index contributed by atoms with van der Waals surface area (Å²) in [4.78, 5) is 24.3. The van der Waals surface area contributed by atoms with Crippen molar-refractivity contribution in [2.24, 2.45) is 28.1 Å². The molecular formula is C17H30O3. The summed E-state index contributed by atoms with van der Waals surface area (Å²) in [6.07, 6.45) is 1.95. The molecule has 1 fully saturated rings. The van der Waals surface area contributed by atoms with E-state index in [0.29, 0.717) is 0 Å². The Kier molecular flexibility index (Phi) is 4.43. The molecule has 2 unspecified atom stereocenters. The predicted molar refractivity (Wildman–Crippen MR) is 80.0 cm³/mol. The maximum Gasteiger partial charge on any atom is 0.318 e. The second kappa shape index (κ2) is 5.16. The molecule has 1 saturated heterocycles. The molecule has 0 aromatic rings. The molecule has 0 amide bonds. The average Bonchev–Trinajstić information content (AvgIpc) is 2.52. The molecule has 0 bridgehead atoms. The Hall–Kier alpha value is -0.860. The third-order valence-electron chi connectivity index (χ3n) is 4.71. The highest BCUT2D eigenvalue weighted by molar-refractivity contribution is 5.97. The van der Waals surface area contributed by atoms with E-state index in [1.54, 1.807) is 0 Å². The first-order valence-corrected chi connectivity index (χ1v) is 7.57. The minimum absolute atomic E-state index is 0.151. The highest BCUT2D eigenvalue weighted by atomic mass is 16.6. The first-order valence-electron chi connectivity index (χ1n) is 7.57. The second-order valence-corrected chi connectivity index (χ2v) is 8.74. The first-order chi connectivity index (χ1) is 8.82. The van der Waals surface area contributed by atoms with Crippen molar-refractivity contribution >= 4 is 11.9 Å². The number of cyclic esters (lactones) is 2. The van der Waals surface area contributed by atoms with Crippen LogP contribution in [0.15, 0.2) is 0 Å². The Balaban J connectivity index is 3.13. The van der Waals surface area contributed by atoms with Gasteiger partial charge in [-0.25, -0.2) is 0 Å². The summed E-state index contributed by atoms with van der Waals surface area (Å²) >= 11 is 0. The van der Waals surface area contributed by atoms with Gasteiger partial charge in [0.05, 0.1) is 11.8 Å². The topological polar surface area (TPSA) is 43.4 Å². The molecule has 3 heteroatoms. The molecule has 0 aromatic heterocycles. The van der Waals surface area contributed by atoms with Gasteiger partial charge in [-0.3, -0.25) is 9.59 Å². The number of rotatable bonds is 4. The third kappa shape index (κ3) is 3.42. The molecule has 0 spiro atoms. The van der Waals surface area contributed by atoms with Gasteiger partial charge >= 0.3 is 11.9 Å². The number of carbonyl (C=O) groups is 2. The van der Waals surface area contributed by atoms with E-state index in [1.165, 1.54) is 0 Å². The quantitative estimate of drug-likeness (QED) is 0.573. The predicted octanol–water partition coefficient (Wildman–Crippen LogP) is 4.20. The fourth-order valence-corrected chi connectivity index (χ4v) is 3.59. The molecule has 1 heterocycles. The molecule has 0 N–H and O–H groups in total. The van der Waals surface area contributed by atoms with Crippen molar-refractivity contribution in [1.82, 2.24) is 0 Å². The van der Waals surface area contributed by atoms with Crippen LogP contribution in [-0.2, 0) is 14.3 Å². The molecule has 0 aliphatic carbocycles. The number of hydrogen-bond acceptors (Lipinski definition) is 3. The van der Waals surface area contributed by atoms with Crippen molar-refractivity contribution in [3.8, 4) is 0 Å². The van der Waals surface area contributed by atoms with Crippen molar-refractivity contribution in [2.45, 2.75) is 68.2 Å². The Labute approximate surface area is 123 Å². The van der Waals surface area contributed by atoms with Gasteiger partial charge in [-0.15, -0.1) is 0 Å². The highest BCUT2D eigenvalue weighted by Gasteiger charge is 2.56. The van der Waals surface area contributed by atoms with Crippen LogP contribution in [0.2, 0.25) is 0 Å². The van der Waals surface area contributed by atoms with E-state index in [-0.39, 0.29) is 40.0 Å². The maximum absolute atomic E-state index is 12.2. The molecule has 3 nitrogen and oxygen atoms in total. The summed E-state index contributed by atoms with van der Waals surface area (Å²) in [7, 11) is 0. The van der Waals surface area contributed by atoms with Gasteiger partial charge in [0, 0.05) is 0 Å². The summed E-state index contributed by atoms with van der Waals surface area (Å²) < 4.78 is 4.97. The van der Waals surface area contributed by atoms with E-state index in [0.717, 1.165) is 12.8 Å². The van der Waals surface area contributed by atoms with Gasteiger partial charge < -0.3 is 4.74 Å². The Morgan fingerprint density at radius 2 is 1.35 bits per heavy atom. The van der Waals surface area contributed by atoms with Crippen LogP contribution in [0.25, 0.3) is 0 Å². The average molecular weight is 282 g/mol. The Bertz CT molecular complexity index is 399. The summed E-state index contributed by atoms with van der Waals surface area (Å²) in [6.45, 7) is 16.8. The van der Waals surface area contributed by atoms with Crippen LogP contribution in [0, 0.1) is 28.1 Å². The van der Waals surface area contributed by atoms with Crippen molar-refractivity contribution in [1.29, 1.82) is 0 Å². The van der Waals surface area contributed by atoms with Gasteiger partial charge in [0.25, 0.3) is 0 Å². The lowest BCUT2D eigenvalue weighted by atomic mass is 9.60. The van der Waals surface area contributed by atoms with Crippen LogP contribution in [-0.4, -0.2) is 11.9 Å². The summed E-state index contributed by atoms with van der Waals surface area (Å²) in [5.41, 5.74) is -0.361. The maximum atomic E-state index is 12.2. The standard InChI is InChI=1S/C17H30O3/c1-9-16(5,6)10-17(7,8)12-11(15(2,3)4)13(18)20-14(12)19/h11-12H,9-10H2,1-8H3. The van der Waals surface area contributed by atoms with E-state index in [4.69, 9.17) is 4.74 Å². The molecule has 2 atom stereocenters. The van der Waals surface area contributed by atoms with Crippen molar-refractivity contribution in [3.63, 3.8) is 0 Å². The van der Waals surface area contributed by atoms with Crippen molar-refractivity contribution in [2.75, 3.05) is 0 Å². The highest BCUT2D eigenvalue weighted by Crippen LogP contribution is 2.51. The lowest BCUT2D eigenvalue weighted by molar-refractivity contribution is -0.155. The zero-order valence-electron chi connectivity index (χ0n) is 14.3. The summed E-state index contributed by atoms with van der Waals surface area (Å²) in [5.74, 6) is -1.39. The van der Waals surface area contributed by atoms with Crippen LogP contribution in [0.4, 0.5) is 0 Å². The lowest BCUT2D eigenvalue weighted by Gasteiger charge is -2.41. The minimum atomic E-state index is -0.352. The number of ether oxygens (including phenoxy) is 1. The molecule has 0 aromatic carbocycles. The van der Waals surface area contributed by atoms with Gasteiger partial charge in [0.1, 0.15) is 0 Å². The van der Waals surface area contributed by atoms with Gasteiger partial charge in [-0.1, -0.05) is 61.8 Å². The zero-order valence-corrected chi connectivity index (χ0v) is 14.3. The minimum Gasteiger partial charge on any atom is -0.393 e. The second-order valence-electron chi connectivity index (χ2n) is 8.74. The van der Waals surface area contributed by atoms with Crippen molar-refractivity contribution in [3.05, 3.63) is 0 Å². The third-order valence-corrected chi connectivity index (χ3v) is 4.71. The normalized spacial score (nSPS) is 25.0. The van der Waals surface area contributed by atoms with E-state index < -0.39 is 0 Å². The van der Waals surface area contributed by atoms with Crippen molar-refractivity contribution < 1.29 is 14.3 Å². The van der Waals surface area contributed by atoms with Crippen LogP contribution in [0.5, 0.6) is 0 Å². The van der Waals surface area contributed by atoms with Crippen LogP contribution in [0.1, 0.15) is 68.2 Å². The molecule has 1 rings (SSSR count). The van der Waals surface area contributed by atoms with Crippen LogP contribution < -0.4 is 0 Å². The SMILES string of the molecule is CCC(C)(C)CC(C)(C)C1C(=O)OC(=O)C1C(C)(C)C. The summed E-state index contributed by atoms with van der Waals surface area (Å²) in [5, 5.41) is 0. The van der Waals surface area contributed by atoms with Gasteiger partial charge in [0.15, 0.2) is 0 Å². The molecule has 1 aliphatic rings. The fourth-order valence-electron chi connectivity index (χ4n) is 3.59. The number of carbonyl (C=O) groups excluding carboxylic acids is 2. The smallest absolute Gasteiger partial charge is 0.318 e. The van der Waals surface area contributed by atoms with Gasteiger partial charge in [0.2, 0.25) is 0 Å². The number of esters is 2. The van der Waals surface area contributed by atoms with Crippen LogP contribution >= 0.6 is 0 Å². The molecule has 1 aliphatic heterocycles. The largest absolute Gasteiger partial charge is 0.393 e. The molecule has 20 heavy (non-hydrogen) atoms. The fraction of sp³-hybridized carbons (Fsp3) is 0.882. The monoisotopic (exact) mass is 282 g/mol. The number of hydrogen-bond donors (Lipinski definition) is 0. The van der Waals surface area contributed by atoms with E-state index >= 15 is 0 Å². The van der Waals surface area contributed by atoms with E-state index in [9.17, 15) is 9.59 Å². The molecule has 116 valence electrons. The van der Waals surface area contributed by atoms with E-state index in [2.05, 4.69) is 34.6 Å². The Morgan fingerprint density at radius 1 is 0.900 bits per heavy atom. The molecule has 0 saturated carbocycles. The van der Waals surface area contributed by atoms with E-state index in [1.807, 2.05) is 20.8 Å². The lowest BCUT2D eigenvalue weighted by Crippen LogP contribution is -2.41. The first kappa shape index (κ1) is 17.2. The molecule has 0 radical (unpaired) electrons. The molecular weight excluding hydrogens is 252 g/mol.